The van der Waals surface area contributed by atoms with E-state index in [4.69, 9.17) is 14.2 Å². The minimum Gasteiger partial charge on any atom is -0.490 e. The Labute approximate surface area is 319 Å². The summed E-state index contributed by atoms with van der Waals surface area (Å²) in [6.07, 6.45) is 4.10. The lowest BCUT2D eigenvalue weighted by molar-refractivity contribution is -0.135. The highest BCUT2D eigenvalue weighted by atomic mass is 16.5. The fourth-order valence-electron chi connectivity index (χ4n) is 6.95. The SMILES string of the molecule is CCOc1cccc2c1OC(C)(C)C(=O)NC1CCC(CC1)CC(=O)N[C@@H](C(C)C)C(=O)N[C@H](Cc1ccccc1)C(=O)NCCc1ccc(cc1)OC2. The molecule has 0 radical (unpaired) electrons. The summed E-state index contributed by atoms with van der Waals surface area (Å²) in [5.74, 6) is 0.424. The van der Waals surface area contributed by atoms with Crippen molar-refractivity contribution in [1.82, 2.24) is 21.3 Å². The molecule has 5 aliphatic rings. The van der Waals surface area contributed by atoms with Gasteiger partial charge in [0.2, 0.25) is 17.7 Å². The molecule has 54 heavy (non-hydrogen) atoms. The van der Waals surface area contributed by atoms with Gasteiger partial charge in [0.05, 0.1) is 6.61 Å². The van der Waals surface area contributed by atoms with E-state index < -0.39 is 23.6 Å². The Kier molecular flexibility index (Phi) is 14.0. The van der Waals surface area contributed by atoms with E-state index in [0.29, 0.717) is 43.2 Å². The number of carbonyl (C=O) groups is 4. The zero-order valence-electron chi connectivity index (χ0n) is 32.2. The van der Waals surface area contributed by atoms with Gasteiger partial charge in [-0.05, 0) is 94.0 Å². The molecule has 4 amide bonds. The van der Waals surface area contributed by atoms with Crippen LogP contribution in [0, 0.1) is 11.8 Å². The number of ether oxygens (including phenoxy) is 3. The fourth-order valence-corrected chi connectivity index (χ4v) is 6.95. The molecule has 1 saturated carbocycles. The van der Waals surface area contributed by atoms with Crippen LogP contribution in [-0.4, -0.2) is 60.5 Å². The molecule has 1 aliphatic carbocycles. The highest BCUT2D eigenvalue weighted by molar-refractivity contribution is 5.92. The van der Waals surface area contributed by atoms with Gasteiger partial charge in [-0.2, -0.15) is 0 Å². The van der Waals surface area contributed by atoms with Gasteiger partial charge in [-0.15, -0.1) is 0 Å². The molecular weight excluding hydrogens is 684 g/mol. The van der Waals surface area contributed by atoms with Crippen LogP contribution in [0.2, 0.25) is 0 Å². The Hall–Kier alpha value is -5.06. The zero-order chi connectivity index (χ0) is 38.7. The number of hydrogen-bond acceptors (Lipinski definition) is 7. The third kappa shape index (κ3) is 11.2. The summed E-state index contributed by atoms with van der Waals surface area (Å²) >= 11 is 0. The predicted octanol–water partition coefficient (Wildman–Crippen LogP) is 5.43. The second-order valence-corrected chi connectivity index (χ2v) is 15.2. The maximum Gasteiger partial charge on any atom is 0.263 e. The van der Waals surface area contributed by atoms with Crippen LogP contribution < -0.4 is 35.5 Å². The van der Waals surface area contributed by atoms with E-state index in [1.807, 2.05) is 93.6 Å². The molecule has 0 unspecified atom stereocenters. The molecule has 0 saturated heterocycles. The van der Waals surface area contributed by atoms with Crippen molar-refractivity contribution in [2.45, 2.75) is 110 Å². The number of benzene rings is 3. The van der Waals surface area contributed by atoms with Gasteiger partial charge in [0.25, 0.3) is 5.91 Å². The van der Waals surface area contributed by atoms with Crippen LogP contribution in [-0.2, 0) is 38.6 Å². The van der Waals surface area contributed by atoms with Gasteiger partial charge < -0.3 is 35.5 Å². The fraction of sp³-hybridized carbons (Fsp3) is 0.488. The topological polar surface area (TPSA) is 144 Å². The van der Waals surface area contributed by atoms with Crippen LogP contribution in [0.3, 0.4) is 0 Å². The van der Waals surface area contributed by atoms with Crippen molar-refractivity contribution in [2.75, 3.05) is 13.2 Å². The van der Waals surface area contributed by atoms with E-state index in [1.54, 1.807) is 13.8 Å². The maximum absolute atomic E-state index is 13.7. The Morgan fingerprint density at radius 1 is 0.833 bits per heavy atom. The normalized spacial score (nSPS) is 23.1. The smallest absolute Gasteiger partial charge is 0.263 e. The average molecular weight is 741 g/mol. The van der Waals surface area contributed by atoms with Crippen LogP contribution in [0.5, 0.6) is 17.2 Å². The van der Waals surface area contributed by atoms with Crippen molar-refractivity contribution in [2.24, 2.45) is 11.8 Å². The summed E-state index contributed by atoms with van der Waals surface area (Å²) in [5, 5.41) is 12.1. The summed E-state index contributed by atoms with van der Waals surface area (Å²) in [6.45, 7) is 10.1. The molecule has 3 aromatic carbocycles. The van der Waals surface area contributed by atoms with Gasteiger partial charge in [-0.25, -0.2) is 0 Å². The van der Waals surface area contributed by atoms with Crippen molar-refractivity contribution in [3.05, 3.63) is 89.5 Å². The number of carbonyl (C=O) groups excluding carboxylic acids is 4. The highest BCUT2D eigenvalue weighted by Gasteiger charge is 2.35. The first kappa shape index (κ1) is 40.1. The number of rotatable bonds is 5. The van der Waals surface area contributed by atoms with Gasteiger partial charge >= 0.3 is 0 Å². The van der Waals surface area contributed by atoms with Crippen molar-refractivity contribution >= 4 is 23.6 Å². The molecule has 4 aliphatic heterocycles. The van der Waals surface area contributed by atoms with E-state index >= 15 is 0 Å². The van der Waals surface area contributed by atoms with Gasteiger partial charge in [0, 0.05) is 31.0 Å². The molecule has 0 spiro atoms. The maximum atomic E-state index is 13.7. The van der Waals surface area contributed by atoms with Gasteiger partial charge in [-0.3, -0.25) is 19.2 Å². The van der Waals surface area contributed by atoms with Gasteiger partial charge in [0.15, 0.2) is 17.1 Å². The lowest BCUT2D eigenvalue weighted by atomic mass is 9.83. The standard InChI is InChI=1S/C43H56N4O7/c1-6-52-36-14-10-13-32-27-53-34-21-17-29(18-22-34)23-24-44-40(49)35(25-30-11-8-7-9-12-30)46-41(50)38(28(2)3)47-37(48)26-31-15-19-33(20-16-31)45-42(51)43(4,5)54-39(32)36/h7-14,17-18,21-22,28,31,33,35,38H,6,15-16,19-20,23-27H2,1-5H3,(H,44,49)(H,45,51)(H,46,50)(H,47,48)/t31?,33?,35-,38+/m1/s1. The Morgan fingerprint density at radius 3 is 2.24 bits per heavy atom. The average Bonchev–Trinajstić information content (AvgIpc) is 3.15. The summed E-state index contributed by atoms with van der Waals surface area (Å²) in [7, 11) is 0. The van der Waals surface area contributed by atoms with E-state index in [1.165, 1.54) is 0 Å². The molecular formula is C43H56N4O7. The lowest BCUT2D eigenvalue weighted by Gasteiger charge is -2.33. The molecule has 290 valence electrons. The van der Waals surface area contributed by atoms with Crippen LogP contribution in [0.25, 0.3) is 0 Å². The first-order chi connectivity index (χ1) is 25.9. The third-order valence-corrected chi connectivity index (χ3v) is 10.1. The second-order valence-electron chi connectivity index (χ2n) is 15.2. The molecule has 11 nitrogen and oxygen atoms in total. The minimum absolute atomic E-state index is 0.0582. The van der Waals surface area contributed by atoms with Crippen molar-refractivity contribution < 1.29 is 33.4 Å². The quantitative estimate of drug-likeness (QED) is 0.273. The second kappa shape index (κ2) is 18.8. The molecule has 1 fully saturated rings. The number of para-hydroxylation sites is 1. The minimum atomic E-state index is -1.22. The summed E-state index contributed by atoms with van der Waals surface area (Å²) < 4.78 is 18.5. The van der Waals surface area contributed by atoms with Gasteiger partial charge in [-0.1, -0.05) is 68.4 Å². The van der Waals surface area contributed by atoms with E-state index in [-0.39, 0.29) is 48.6 Å². The molecule has 3 aromatic rings. The van der Waals surface area contributed by atoms with Gasteiger partial charge in [0.1, 0.15) is 24.4 Å². The first-order valence-electron chi connectivity index (χ1n) is 19.3. The highest BCUT2D eigenvalue weighted by Crippen LogP contribution is 2.36. The molecule has 0 aromatic heterocycles. The Balaban J connectivity index is 1.37. The van der Waals surface area contributed by atoms with E-state index in [0.717, 1.165) is 42.4 Å². The summed E-state index contributed by atoms with van der Waals surface area (Å²) in [5.41, 5.74) is 1.43. The largest absolute Gasteiger partial charge is 0.490 e. The zero-order valence-corrected chi connectivity index (χ0v) is 32.2. The Bertz CT molecular complexity index is 1720. The van der Waals surface area contributed by atoms with Crippen LogP contribution in [0.4, 0.5) is 0 Å². The Morgan fingerprint density at radius 2 is 1.56 bits per heavy atom. The molecule has 8 rings (SSSR count). The number of hydrogen-bond donors (Lipinski definition) is 4. The van der Waals surface area contributed by atoms with Crippen molar-refractivity contribution in [3.63, 3.8) is 0 Å². The van der Waals surface area contributed by atoms with Crippen molar-refractivity contribution in [3.8, 4) is 17.2 Å². The molecule has 11 heteroatoms. The van der Waals surface area contributed by atoms with E-state index in [9.17, 15) is 19.2 Å². The van der Waals surface area contributed by atoms with Crippen LogP contribution in [0.15, 0.2) is 72.8 Å². The molecule has 4 heterocycles. The summed E-state index contributed by atoms with van der Waals surface area (Å²) in [4.78, 5) is 54.3. The third-order valence-electron chi connectivity index (χ3n) is 10.1. The molecule has 2 atom stereocenters. The van der Waals surface area contributed by atoms with Crippen LogP contribution >= 0.6 is 0 Å². The monoisotopic (exact) mass is 740 g/mol. The van der Waals surface area contributed by atoms with Crippen molar-refractivity contribution in [1.29, 1.82) is 0 Å². The van der Waals surface area contributed by atoms with E-state index in [2.05, 4.69) is 21.3 Å². The molecule has 4 N–H and O–H groups in total. The first-order valence-corrected chi connectivity index (χ1v) is 19.3. The number of nitrogens with one attached hydrogen (secondary N) is 4. The lowest BCUT2D eigenvalue weighted by Crippen LogP contribution is -2.56. The van der Waals surface area contributed by atoms with Crippen LogP contribution in [0.1, 0.15) is 83.4 Å². The predicted molar refractivity (Wildman–Crippen MR) is 207 cm³/mol. The number of amides is 4. The summed E-state index contributed by atoms with van der Waals surface area (Å²) in [6, 6.07) is 21.1. The molecule has 4 bridgehead atoms.